The monoisotopic (exact) mass is 250 g/mol. The predicted octanol–water partition coefficient (Wildman–Crippen LogP) is 2.79. The first-order valence-electron chi connectivity index (χ1n) is 5.83. The molecule has 0 amide bonds. The Labute approximate surface area is 109 Å². The van der Waals surface area contributed by atoms with E-state index in [9.17, 15) is 9.90 Å². The Morgan fingerprint density at radius 2 is 1.78 bits per heavy atom. The van der Waals surface area contributed by atoms with E-state index in [2.05, 4.69) is 26.3 Å². The van der Waals surface area contributed by atoms with Crippen molar-refractivity contribution in [1.29, 1.82) is 0 Å². The third-order valence-corrected chi connectivity index (χ3v) is 3.00. The molecule has 0 aromatic heterocycles. The highest BCUT2D eigenvalue weighted by molar-refractivity contribution is 5.89. The fourth-order valence-corrected chi connectivity index (χ4v) is 1.86. The standard InChI is InChI=1S/C15H22O3/c1-6-9-15(10-7-2,13(5)16)12(4)14(17)18-11-8-3/h6-8,13,16H,1-4,9-11H2,5H3. The van der Waals surface area contributed by atoms with Gasteiger partial charge in [-0.15, -0.1) is 13.2 Å². The van der Waals surface area contributed by atoms with Gasteiger partial charge in [-0.2, -0.15) is 0 Å². The third-order valence-electron chi connectivity index (χ3n) is 3.00. The summed E-state index contributed by atoms with van der Waals surface area (Å²) < 4.78 is 4.97. The lowest BCUT2D eigenvalue weighted by atomic mass is 9.71. The fraction of sp³-hybridized carbons (Fsp3) is 0.400. The lowest BCUT2D eigenvalue weighted by Gasteiger charge is -2.35. The Bertz CT molecular complexity index is 330. The molecule has 0 bridgehead atoms. The lowest BCUT2D eigenvalue weighted by molar-refractivity contribution is -0.140. The minimum absolute atomic E-state index is 0.121. The summed E-state index contributed by atoms with van der Waals surface area (Å²) in [5, 5.41) is 9.99. The molecule has 0 aliphatic heterocycles. The van der Waals surface area contributed by atoms with Crippen molar-refractivity contribution in [3.8, 4) is 0 Å². The van der Waals surface area contributed by atoms with Gasteiger partial charge in [0, 0.05) is 11.0 Å². The van der Waals surface area contributed by atoms with Gasteiger partial charge in [-0.3, -0.25) is 0 Å². The second-order valence-electron chi connectivity index (χ2n) is 4.18. The number of aliphatic hydroxyl groups is 1. The van der Waals surface area contributed by atoms with Crippen LogP contribution in [0.1, 0.15) is 19.8 Å². The van der Waals surface area contributed by atoms with Gasteiger partial charge in [0.2, 0.25) is 0 Å². The number of esters is 1. The van der Waals surface area contributed by atoms with Crippen molar-refractivity contribution in [3.63, 3.8) is 0 Å². The number of carbonyl (C=O) groups excluding carboxylic acids is 1. The molecule has 0 saturated heterocycles. The summed E-state index contributed by atoms with van der Waals surface area (Å²) >= 11 is 0. The van der Waals surface area contributed by atoms with Gasteiger partial charge in [0.1, 0.15) is 6.61 Å². The molecule has 0 aromatic carbocycles. The summed E-state index contributed by atoms with van der Waals surface area (Å²) in [6, 6.07) is 0. The van der Waals surface area contributed by atoms with Crippen LogP contribution in [0.5, 0.6) is 0 Å². The Balaban J connectivity index is 5.20. The van der Waals surface area contributed by atoms with Gasteiger partial charge in [0.25, 0.3) is 0 Å². The van der Waals surface area contributed by atoms with Gasteiger partial charge in [-0.05, 0) is 19.8 Å². The van der Waals surface area contributed by atoms with Crippen LogP contribution in [0, 0.1) is 5.41 Å². The van der Waals surface area contributed by atoms with Gasteiger partial charge in [0.15, 0.2) is 0 Å². The van der Waals surface area contributed by atoms with E-state index in [1.807, 2.05) is 0 Å². The molecule has 0 saturated carbocycles. The number of rotatable bonds is 9. The van der Waals surface area contributed by atoms with Crippen LogP contribution >= 0.6 is 0 Å². The average Bonchev–Trinajstić information content (AvgIpc) is 2.34. The maximum atomic E-state index is 11.9. The maximum Gasteiger partial charge on any atom is 0.334 e. The first kappa shape index (κ1) is 16.4. The van der Waals surface area contributed by atoms with E-state index in [0.717, 1.165) is 0 Å². The smallest absolute Gasteiger partial charge is 0.334 e. The van der Waals surface area contributed by atoms with Crippen LogP contribution in [0.15, 0.2) is 50.1 Å². The maximum absolute atomic E-state index is 11.9. The number of hydrogen-bond acceptors (Lipinski definition) is 3. The highest BCUT2D eigenvalue weighted by Crippen LogP contribution is 2.39. The molecule has 0 aliphatic carbocycles. The Hall–Kier alpha value is -1.61. The van der Waals surface area contributed by atoms with Crippen LogP contribution in [0.25, 0.3) is 0 Å². The number of ether oxygens (including phenoxy) is 1. The highest BCUT2D eigenvalue weighted by Gasteiger charge is 2.39. The molecule has 0 aliphatic rings. The molecule has 0 aromatic rings. The Morgan fingerprint density at radius 3 is 2.11 bits per heavy atom. The molecule has 100 valence electrons. The van der Waals surface area contributed by atoms with Gasteiger partial charge in [0.05, 0.1) is 6.10 Å². The van der Waals surface area contributed by atoms with Crippen molar-refractivity contribution in [1.82, 2.24) is 0 Å². The minimum Gasteiger partial charge on any atom is -0.458 e. The van der Waals surface area contributed by atoms with Crippen molar-refractivity contribution in [3.05, 3.63) is 50.1 Å². The van der Waals surface area contributed by atoms with Crippen molar-refractivity contribution in [2.75, 3.05) is 6.61 Å². The number of aliphatic hydroxyl groups excluding tert-OH is 1. The summed E-state index contributed by atoms with van der Waals surface area (Å²) in [4.78, 5) is 11.9. The van der Waals surface area contributed by atoms with E-state index in [1.165, 1.54) is 6.08 Å². The normalized spacial score (nSPS) is 12.3. The second-order valence-corrected chi connectivity index (χ2v) is 4.18. The van der Waals surface area contributed by atoms with Crippen LogP contribution in [-0.2, 0) is 9.53 Å². The first-order valence-corrected chi connectivity index (χ1v) is 5.83. The summed E-state index contributed by atoms with van der Waals surface area (Å²) in [6.07, 6.45) is 4.90. The van der Waals surface area contributed by atoms with Crippen LogP contribution in [0.2, 0.25) is 0 Å². The Morgan fingerprint density at radius 1 is 1.28 bits per heavy atom. The van der Waals surface area contributed by atoms with Gasteiger partial charge < -0.3 is 9.84 Å². The van der Waals surface area contributed by atoms with E-state index in [1.54, 1.807) is 19.1 Å². The first-order chi connectivity index (χ1) is 8.46. The molecule has 0 fully saturated rings. The van der Waals surface area contributed by atoms with Crippen molar-refractivity contribution >= 4 is 5.97 Å². The highest BCUT2D eigenvalue weighted by atomic mass is 16.5. The van der Waals surface area contributed by atoms with Crippen molar-refractivity contribution < 1.29 is 14.6 Å². The molecular weight excluding hydrogens is 228 g/mol. The topological polar surface area (TPSA) is 46.5 Å². The largest absolute Gasteiger partial charge is 0.458 e. The molecule has 1 N–H and O–H groups in total. The SMILES string of the molecule is C=CCOC(=O)C(=C)C(CC=C)(CC=C)C(C)O. The molecule has 0 radical (unpaired) electrons. The zero-order valence-corrected chi connectivity index (χ0v) is 11.0. The molecule has 0 rings (SSSR count). The van der Waals surface area contributed by atoms with Gasteiger partial charge >= 0.3 is 5.97 Å². The number of allylic oxidation sites excluding steroid dienone is 2. The Kier molecular flexibility index (Phi) is 6.98. The average molecular weight is 250 g/mol. The second kappa shape index (κ2) is 7.67. The molecule has 1 unspecified atom stereocenters. The van der Waals surface area contributed by atoms with E-state index in [-0.39, 0.29) is 12.2 Å². The van der Waals surface area contributed by atoms with Gasteiger partial charge in [-0.1, -0.05) is 31.4 Å². The van der Waals surface area contributed by atoms with Crippen LogP contribution < -0.4 is 0 Å². The molecule has 0 spiro atoms. The number of hydrogen-bond donors (Lipinski definition) is 1. The van der Waals surface area contributed by atoms with Crippen molar-refractivity contribution in [2.45, 2.75) is 25.9 Å². The zero-order valence-electron chi connectivity index (χ0n) is 11.0. The summed E-state index contributed by atoms with van der Waals surface area (Å²) in [5.74, 6) is -0.528. The van der Waals surface area contributed by atoms with E-state index in [0.29, 0.717) is 12.8 Å². The molecule has 3 nitrogen and oxygen atoms in total. The van der Waals surface area contributed by atoms with Crippen LogP contribution in [-0.4, -0.2) is 23.8 Å². The fourth-order valence-electron chi connectivity index (χ4n) is 1.86. The van der Waals surface area contributed by atoms with E-state index in [4.69, 9.17) is 4.74 Å². The van der Waals surface area contributed by atoms with E-state index >= 15 is 0 Å². The summed E-state index contributed by atoms with van der Waals surface area (Å²) in [5.41, 5.74) is -0.568. The van der Waals surface area contributed by atoms with E-state index < -0.39 is 17.5 Å². The third kappa shape index (κ3) is 3.70. The summed E-state index contributed by atoms with van der Waals surface area (Å²) in [7, 11) is 0. The van der Waals surface area contributed by atoms with Crippen LogP contribution in [0.4, 0.5) is 0 Å². The summed E-state index contributed by atoms with van der Waals surface area (Å²) in [6.45, 7) is 16.3. The lowest BCUT2D eigenvalue weighted by Crippen LogP contribution is -2.37. The molecule has 18 heavy (non-hydrogen) atoms. The zero-order chi connectivity index (χ0) is 14.2. The van der Waals surface area contributed by atoms with Gasteiger partial charge in [-0.25, -0.2) is 4.79 Å². The quantitative estimate of drug-likeness (QED) is 0.389. The van der Waals surface area contributed by atoms with Crippen LogP contribution in [0.3, 0.4) is 0 Å². The predicted molar refractivity (Wildman–Crippen MR) is 74.0 cm³/mol. The number of carbonyl (C=O) groups is 1. The molecule has 3 heteroatoms. The molecular formula is C15H22O3. The van der Waals surface area contributed by atoms with Crippen molar-refractivity contribution in [2.24, 2.45) is 5.41 Å². The molecule has 1 atom stereocenters. The minimum atomic E-state index is -0.804. The molecule has 0 heterocycles.